The number of carbonyl (C=O) groups is 1. The van der Waals surface area contributed by atoms with Crippen LogP contribution in [0.2, 0.25) is 0 Å². The monoisotopic (exact) mass is 291 g/mol. The number of rotatable bonds is 3. The zero-order valence-corrected chi connectivity index (χ0v) is 12.2. The van der Waals surface area contributed by atoms with E-state index >= 15 is 0 Å². The summed E-state index contributed by atoms with van der Waals surface area (Å²) < 4.78 is 13.6. The molecule has 1 heterocycles. The van der Waals surface area contributed by atoms with Crippen molar-refractivity contribution < 1.29 is 14.3 Å². The number of Topliss-reactive ketones (excluding diaryl/α,β-unsaturated/α-hetero) is 1. The Hall–Kier alpha value is -1.26. The fourth-order valence-corrected chi connectivity index (χ4v) is 3.76. The maximum absolute atomic E-state index is 13.6. The molecule has 0 aromatic heterocycles. The second-order valence-electron chi connectivity index (χ2n) is 6.43. The minimum Gasteiger partial charge on any atom is -0.390 e. The summed E-state index contributed by atoms with van der Waals surface area (Å²) in [5, 5.41) is 10.6. The van der Waals surface area contributed by atoms with E-state index in [9.17, 15) is 14.3 Å². The van der Waals surface area contributed by atoms with Gasteiger partial charge in [-0.1, -0.05) is 25.0 Å². The lowest BCUT2D eigenvalue weighted by Gasteiger charge is -2.47. The van der Waals surface area contributed by atoms with Gasteiger partial charge in [-0.15, -0.1) is 0 Å². The van der Waals surface area contributed by atoms with Crippen molar-refractivity contribution in [3.8, 4) is 0 Å². The molecule has 1 aliphatic carbocycles. The summed E-state index contributed by atoms with van der Waals surface area (Å²) in [4.78, 5) is 14.3. The molecule has 0 amide bonds. The van der Waals surface area contributed by atoms with Crippen molar-refractivity contribution >= 4 is 5.78 Å². The number of piperidine rings is 1. The van der Waals surface area contributed by atoms with Gasteiger partial charge in [-0.05, 0) is 31.4 Å². The van der Waals surface area contributed by atoms with Crippen molar-refractivity contribution in [2.24, 2.45) is 5.92 Å². The van der Waals surface area contributed by atoms with Gasteiger partial charge >= 0.3 is 0 Å². The second-order valence-corrected chi connectivity index (χ2v) is 6.43. The van der Waals surface area contributed by atoms with Crippen LogP contribution in [-0.4, -0.2) is 41.0 Å². The van der Waals surface area contributed by atoms with E-state index in [0.29, 0.717) is 6.54 Å². The highest BCUT2D eigenvalue weighted by Gasteiger charge is 2.42. The molecule has 4 heteroatoms. The van der Waals surface area contributed by atoms with Crippen molar-refractivity contribution in [1.29, 1.82) is 0 Å². The van der Waals surface area contributed by atoms with Crippen LogP contribution in [0.15, 0.2) is 24.3 Å². The second kappa shape index (κ2) is 5.85. The van der Waals surface area contributed by atoms with Gasteiger partial charge in [-0.25, -0.2) is 4.39 Å². The molecule has 0 bridgehead atoms. The number of nitrogens with zero attached hydrogens (tertiary/aromatic N) is 1. The van der Waals surface area contributed by atoms with Crippen LogP contribution in [0.1, 0.15) is 42.5 Å². The minimum absolute atomic E-state index is 0.168. The van der Waals surface area contributed by atoms with Crippen LogP contribution in [-0.2, 0) is 0 Å². The van der Waals surface area contributed by atoms with Gasteiger partial charge in [0.15, 0.2) is 5.78 Å². The van der Waals surface area contributed by atoms with E-state index in [2.05, 4.69) is 4.90 Å². The van der Waals surface area contributed by atoms with Crippen molar-refractivity contribution in [2.75, 3.05) is 19.6 Å². The van der Waals surface area contributed by atoms with E-state index in [-0.39, 0.29) is 23.8 Å². The van der Waals surface area contributed by atoms with E-state index < -0.39 is 11.4 Å². The van der Waals surface area contributed by atoms with Crippen LogP contribution in [0.25, 0.3) is 0 Å². The quantitative estimate of drug-likeness (QED) is 0.870. The lowest BCUT2D eigenvalue weighted by molar-refractivity contribution is -0.0936. The average molecular weight is 291 g/mol. The van der Waals surface area contributed by atoms with E-state index in [0.717, 1.165) is 38.6 Å². The van der Waals surface area contributed by atoms with Crippen LogP contribution in [0.5, 0.6) is 0 Å². The Kier molecular flexibility index (Phi) is 4.09. The molecule has 0 spiro atoms. The summed E-state index contributed by atoms with van der Waals surface area (Å²) in [7, 11) is 0. The lowest BCUT2D eigenvalue weighted by atomic mass is 9.71. The summed E-state index contributed by atoms with van der Waals surface area (Å²) >= 11 is 0. The number of hydrogen-bond acceptors (Lipinski definition) is 3. The van der Waals surface area contributed by atoms with Gasteiger partial charge in [0.05, 0.1) is 17.7 Å². The molecule has 114 valence electrons. The Balaban J connectivity index is 1.64. The van der Waals surface area contributed by atoms with E-state index in [4.69, 9.17) is 0 Å². The first-order chi connectivity index (χ1) is 10.1. The van der Waals surface area contributed by atoms with Crippen LogP contribution < -0.4 is 0 Å². The van der Waals surface area contributed by atoms with E-state index in [1.807, 2.05) is 0 Å². The molecule has 1 saturated carbocycles. The number of fused-ring (bicyclic) bond motifs is 1. The number of likely N-dealkylation sites (tertiary alicyclic amines) is 1. The predicted molar refractivity (Wildman–Crippen MR) is 78.7 cm³/mol. The molecule has 3 nitrogen and oxygen atoms in total. The highest BCUT2D eigenvalue weighted by Crippen LogP contribution is 2.39. The van der Waals surface area contributed by atoms with E-state index in [1.54, 1.807) is 18.2 Å². The fraction of sp³-hybridized carbons (Fsp3) is 0.588. The maximum Gasteiger partial charge on any atom is 0.179 e. The molecule has 1 aromatic carbocycles. The molecule has 3 rings (SSSR count). The molecule has 2 aliphatic rings. The summed E-state index contributed by atoms with van der Waals surface area (Å²) in [5.41, 5.74) is -0.363. The first-order valence-electron chi connectivity index (χ1n) is 7.81. The molecule has 2 fully saturated rings. The number of halogens is 1. The molecule has 1 N–H and O–H groups in total. The van der Waals surface area contributed by atoms with Gasteiger partial charge in [0.1, 0.15) is 5.82 Å². The third-order valence-electron chi connectivity index (χ3n) is 5.05. The molecule has 21 heavy (non-hydrogen) atoms. The predicted octanol–water partition coefficient (Wildman–Crippen LogP) is 2.64. The van der Waals surface area contributed by atoms with Crippen LogP contribution in [0.4, 0.5) is 4.39 Å². The first-order valence-corrected chi connectivity index (χ1v) is 7.81. The fourth-order valence-electron chi connectivity index (χ4n) is 3.76. The Labute approximate surface area is 124 Å². The number of aliphatic hydroxyl groups is 1. The van der Waals surface area contributed by atoms with Gasteiger partial charge in [0.2, 0.25) is 0 Å². The summed E-state index contributed by atoms with van der Waals surface area (Å²) in [5.74, 6) is -0.364. The molecule has 1 saturated heterocycles. The third-order valence-corrected chi connectivity index (χ3v) is 5.05. The molecular weight excluding hydrogens is 269 g/mol. The highest BCUT2D eigenvalue weighted by atomic mass is 19.1. The van der Waals surface area contributed by atoms with Crippen molar-refractivity contribution in [3.63, 3.8) is 0 Å². The molecule has 1 aromatic rings. The van der Waals surface area contributed by atoms with Gasteiger partial charge in [-0.2, -0.15) is 0 Å². The minimum atomic E-state index is -0.532. The normalized spacial score (nSPS) is 29.9. The van der Waals surface area contributed by atoms with Gasteiger partial charge in [0.25, 0.3) is 0 Å². The number of hydrogen-bond donors (Lipinski definition) is 1. The zero-order valence-electron chi connectivity index (χ0n) is 12.2. The average Bonchev–Trinajstić information content (AvgIpc) is 2.48. The maximum atomic E-state index is 13.6. The zero-order chi connectivity index (χ0) is 14.9. The van der Waals surface area contributed by atoms with Crippen LogP contribution >= 0.6 is 0 Å². The van der Waals surface area contributed by atoms with Gasteiger partial charge < -0.3 is 5.11 Å². The van der Waals surface area contributed by atoms with Crippen LogP contribution in [0.3, 0.4) is 0 Å². The summed E-state index contributed by atoms with van der Waals surface area (Å²) in [6.45, 7) is 1.71. The number of benzene rings is 1. The molecule has 2 unspecified atom stereocenters. The van der Waals surface area contributed by atoms with Crippen molar-refractivity contribution in [2.45, 2.75) is 37.7 Å². The van der Waals surface area contributed by atoms with E-state index in [1.165, 1.54) is 6.07 Å². The van der Waals surface area contributed by atoms with Crippen molar-refractivity contribution in [3.05, 3.63) is 35.6 Å². The molecular formula is C17H22FNO2. The summed E-state index contributed by atoms with van der Waals surface area (Å²) in [6.07, 6.45) is 4.89. The summed E-state index contributed by atoms with van der Waals surface area (Å²) in [6, 6.07) is 6.14. The Morgan fingerprint density at radius 1 is 1.33 bits per heavy atom. The molecule has 2 atom stereocenters. The number of ketones is 1. The first kappa shape index (κ1) is 14.7. The van der Waals surface area contributed by atoms with Gasteiger partial charge in [0, 0.05) is 19.0 Å². The standard InChI is InChI=1S/C17H22FNO2/c18-15-7-2-1-6-14(15)16(20)12-19-10-9-17(21)8-4-3-5-13(17)11-19/h1-2,6-7,13,21H,3-5,8-12H2. The third kappa shape index (κ3) is 3.01. The molecule has 1 aliphatic heterocycles. The number of carbonyl (C=O) groups excluding carboxylic acids is 1. The van der Waals surface area contributed by atoms with Gasteiger partial charge in [-0.3, -0.25) is 9.69 Å². The SMILES string of the molecule is O=C(CN1CCC2(O)CCCCC2C1)c1ccccc1F. The molecule has 0 radical (unpaired) electrons. The Bertz CT molecular complexity index is 533. The van der Waals surface area contributed by atoms with Crippen LogP contribution in [0, 0.1) is 11.7 Å². The lowest BCUT2D eigenvalue weighted by Crippen LogP contribution is -2.54. The highest BCUT2D eigenvalue weighted by molar-refractivity contribution is 5.97. The Morgan fingerprint density at radius 2 is 2.14 bits per heavy atom. The Morgan fingerprint density at radius 3 is 2.95 bits per heavy atom. The van der Waals surface area contributed by atoms with Crippen molar-refractivity contribution in [1.82, 2.24) is 4.90 Å². The smallest absolute Gasteiger partial charge is 0.179 e. The largest absolute Gasteiger partial charge is 0.390 e. The topological polar surface area (TPSA) is 40.5 Å².